The molecule has 0 saturated carbocycles. The van der Waals surface area contributed by atoms with E-state index in [0.29, 0.717) is 0 Å². The molecule has 2 heteroatoms. The van der Waals surface area contributed by atoms with Crippen molar-refractivity contribution in [1.82, 2.24) is 4.90 Å². The highest BCUT2D eigenvalue weighted by molar-refractivity contribution is 6.34. The molecule has 34 heavy (non-hydrogen) atoms. The van der Waals surface area contributed by atoms with Crippen molar-refractivity contribution in [2.24, 2.45) is 0 Å². The number of aryl methyl sites for hydroxylation is 1. The average molecular weight is 439 g/mol. The number of benzene rings is 6. The number of anilines is 1. The predicted octanol–water partition coefficient (Wildman–Crippen LogP) is 7.93. The lowest BCUT2D eigenvalue weighted by atomic mass is 9.88. The second-order valence-electron chi connectivity index (χ2n) is 9.72. The van der Waals surface area contributed by atoms with Crippen molar-refractivity contribution >= 4 is 54.5 Å². The highest BCUT2D eigenvalue weighted by atomic mass is 15.2. The molecular formula is C32H26N2. The van der Waals surface area contributed by atoms with E-state index in [1.54, 1.807) is 0 Å². The van der Waals surface area contributed by atoms with Crippen LogP contribution in [-0.2, 0) is 6.54 Å². The minimum Gasteiger partial charge on any atom is -0.374 e. The molecule has 1 aliphatic heterocycles. The second kappa shape index (κ2) is 6.98. The van der Waals surface area contributed by atoms with Gasteiger partial charge >= 0.3 is 0 Å². The van der Waals surface area contributed by atoms with Crippen LogP contribution in [0.2, 0.25) is 0 Å². The fourth-order valence-corrected chi connectivity index (χ4v) is 6.05. The molecule has 0 saturated heterocycles. The lowest BCUT2D eigenvalue weighted by molar-refractivity contribution is 0.444. The van der Waals surface area contributed by atoms with Crippen LogP contribution in [0.3, 0.4) is 0 Å². The topological polar surface area (TPSA) is 6.48 Å². The molecule has 0 radical (unpaired) electrons. The first-order chi connectivity index (χ1) is 16.6. The normalized spacial score (nSPS) is 13.7. The summed E-state index contributed by atoms with van der Waals surface area (Å²) in [6.45, 7) is 3.14. The molecule has 0 amide bonds. The first-order valence-electron chi connectivity index (χ1n) is 11.9. The SMILES string of the molecule is Cc1cc2cccc3c4ccc(N(C)C5=CN(C)Cc6ccccc65)c5cccc(c(c1)c23)c54. The van der Waals surface area contributed by atoms with Gasteiger partial charge in [-0.2, -0.15) is 0 Å². The van der Waals surface area contributed by atoms with Crippen LogP contribution >= 0.6 is 0 Å². The van der Waals surface area contributed by atoms with Crippen molar-refractivity contribution in [3.63, 3.8) is 0 Å². The lowest BCUT2D eigenvalue weighted by Gasteiger charge is -2.32. The Morgan fingerprint density at radius 3 is 2.32 bits per heavy atom. The number of rotatable bonds is 2. The summed E-state index contributed by atoms with van der Waals surface area (Å²) in [5.74, 6) is 0. The molecule has 0 atom stereocenters. The molecule has 1 heterocycles. The van der Waals surface area contributed by atoms with Crippen LogP contribution in [0.1, 0.15) is 16.7 Å². The molecule has 2 nitrogen and oxygen atoms in total. The van der Waals surface area contributed by atoms with Crippen molar-refractivity contribution in [1.29, 1.82) is 0 Å². The molecule has 7 rings (SSSR count). The smallest absolute Gasteiger partial charge is 0.0646 e. The van der Waals surface area contributed by atoms with Gasteiger partial charge in [-0.15, -0.1) is 0 Å². The second-order valence-corrected chi connectivity index (χ2v) is 9.72. The van der Waals surface area contributed by atoms with Gasteiger partial charge in [0.25, 0.3) is 0 Å². The fourth-order valence-electron chi connectivity index (χ4n) is 6.05. The minimum absolute atomic E-state index is 0.942. The lowest BCUT2D eigenvalue weighted by Crippen LogP contribution is -2.25. The van der Waals surface area contributed by atoms with Crippen LogP contribution < -0.4 is 4.90 Å². The zero-order valence-corrected chi connectivity index (χ0v) is 19.8. The van der Waals surface area contributed by atoms with Gasteiger partial charge in [0.15, 0.2) is 0 Å². The van der Waals surface area contributed by atoms with Crippen molar-refractivity contribution in [2.45, 2.75) is 13.5 Å². The van der Waals surface area contributed by atoms with E-state index >= 15 is 0 Å². The van der Waals surface area contributed by atoms with Gasteiger partial charge in [-0.25, -0.2) is 0 Å². The Bertz CT molecular complexity index is 1780. The third-order valence-corrected chi connectivity index (χ3v) is 7.50. The first-order valence-corrected chi connectivity index (χ1v) is 11.9. The summed E-state index contributed by atoms with van der Waals surface area (Å²) < 4.78 is 0. The zero-order chi connectivity index (χ0) is 23.0. The summed E-state index contributed by atoms with van der Waals surface area (Å²) in [5, 5.41) is 10.7. The maximum atomic E-state index is 2.36. The Hall–Kier alpha value is -4.04. The van der Waals surface area contributed by atoms with Crippen LogP contribution in [0.4, 0.5) is 5.69 Å². The minimum atomic E-state index is 0.942. The Morgan fingerprint density at radius 1 is 0.706 bits per heavy atom. The predicted molar refractivity (Wildman–Crippen MR) is 147 cm³/mol. The standard InChI is InChI=1S/C32H26N2/c1-20-16-21-9-6-11-24-26-14-15-29(27-13-7-12-25(32(26)27)28(17-20)31(21)24)34(3)30-19-33(2)18-22-8-4-5-10-23(22)30/h4-17,19H,18H2,1-3H3. The molecule has 0 aromatic heterocycles. The highest BCUT2D eigenvalue weighted by Crippen LogP contribution is 2.44. The molecule has 0 bridgehead atoms. The third-order valence-electron chi connectivity index (χ3n) is 7.50. The summed E-state index contributed by atoms with van der Waals surface area (Å²) in [5.41, 5.74) is 6.46. The summed E-state index contributed by atoms with van der Waals surface area (Å²) in [6, 6.07) is 31.6. The average Bonchev–Trinajstić information content (AvgIpc) is 2.85. The van der Waals surface area contributed by atoms with Crippen molar-refractivity contribution in [2.75, 3.05) is 19.0 Å². The molecule has 0 N–H and O–H groups in total. The first kappa shape index (κ1) is 19.4. The Morgan fingerprint density at radius 2 is 1.44 bits per heavy atom. The third kappa shape index (κ3) is 2.63. The van der Waals surface area contributed by atoms with Crippen LogP contribution in [0, 0.1) is 6.92 Å². The maximum Gasteiger partial charge on any atom is 0.0646 e. The van der Waals surface area contributed by atoms with Crippen LogP contribution in [-0.4, -0.2) is 19.0 Å². The van der Waals surface area contributed by atoms with Crippen molar-refractivity contribution in [3.05, 3.63) is 108 Å². The van der Waals surface area contributed by atoms with E-state index in [1.807, 2.05) is 0 Å². The van der Waals surface area contributed by atoms with E-state index < -0.39 is 0 Å². The van der Waals surface area contributed by atoms with E-state index in [4.69, 9.17) is 0 Å². The molecule has 0 aliphatic carbocycles. The molecule has 0 spiro atoms. The zero-order valence-electron chi connectivity index (χ0n) is 19.8. The fraction of sp³-hybridized carbons (Fsp3) is 0.125. The van der Waals surface area contributed by atoms with E-state index in [0.717, 1.165) is 6.54 Å². The van der Waals surface area contributed by atoms with Gasteiger partial charge in [-0.3, -0.25) is 0 Å². The van der Waals surface area contributed by atoms with E-state index in [2.05, 4.69) is 122 Å². The monoisotopic (exact) mass is 438 g/mol. The van der Waals surface area contributed by atoms with Gasteiger partial charge in [0, 0.05) is 43.5 Å². The van der Waals surface area contributed by atoms with Gasteiger partial charge in [0.05, 0.1) is 5.70 Å². The molecule has 0 fully saturated rings. The number of hydrogen-bond donors (Lipinski definition) is 0. The molecule has 6 aromatic carbocycles. The van der Waals surface area contributed by atoms with Crippen molar-refractivity contribution < 1.29 is 0 Å². The quantitative estimate of drug-likeness (QED) is 0.200. The molecule has 0 unspecified atom stereocenters. The van der Waals surface area contributed by atoms with Gasteiger partial charge in [0.2, 0.25) is 0 Å². The van der Waals surface area contributed by atoms with Crippen LogP contribution in [0.5, 0.6) is 0 Å². The number of nitrogens with zero attached hydrogens (tertiary/aromatic N) is 2. The van der Waals surface area contributed by atoms with Crippen LogP contribution in [0.25, 0.3) is 48.8 Å². The molecular weight excluding hydrogens is 412 g/mol. The van der Waals surface area contributed by atoms with Gasteiger partial charge in [-0.05, 0) is 61.8 Å². The summed E-state index contributed by atoms with van der Waals surface area (Å²) >= 11 is 0. The van der Waals surface area contributed by atoms with E-state index in [9.17, 15) is 0 Å². The maximum absolute atomic E-state index is 2.36. The van der Waals surface area contributed by atoms with E-state index in [1.165, 1.54) is 71.2 Å². The summed E-state index contributed by atoms with van der Waals surface area (Å²) in [6.07, 6.45) is 2.27. The Balaban J connectivity index is 1.55. The van der Waals surface area contributed by atoms with Gasteiger partial charge in [0.1, 0.15) is 0 Å². The molecule has 6 aromatic rings. The number of fused-ring (bicyclic) bond motifs is 3. The highest BCUT2D eigenvalue weighted by Gasteiger charge is 2.21. The van der Waals surface area contributed by atoms with Crippen molar-refractivity contribution in [3.8, 4) is 0 Å². The van der Waals surface area contributed by atoms with Gasteiger partial charge < -0.3 is 9.80 Å². The Kier molecular flexibility index (Phi) is 3.99. The Labute approximate surface area is 199 Å². The van der Waals surface area contributed by atoms with Crippen LogP contribution in [0.15, 0.2) is 91.1 Å². The molecule has 164 valence electrons. The molecule has 1 aliphatic rings. The number of hydrogen-bond acceptors (Lipinski definition) is 2. The largest absolute Gasteiger partial charge is 0.374 e. The summed E-state index contributed by atoms with van der Waals surface area (Å²) in [4.78, 5) is 4.64. The van der Waals surface area contributed by atoms with Gasteiger partial charge in [-0.1, -0.05) is 78.9 Å². The summed E-state index contributed by atoms with van der Waals surface area (Å²) in [7, 11) is 4.36. The van der Waals surface area contributed by atoms with E-state index in [-0.39, 0.29) is 0 Å².